The van der Waals surface area contributed by atoms with Crippen LogP contribution >= 0.6 is 0 Å². The highest BCUT2D eigenvalue weighted by Gasteiger charge is 2.39. The molecular formula is C24H29NO4. The fraction of sp³-hybridized carbons (Fsp3) is 0.417. The third-order valence-electron chi connectivity index (χ3n) is 6.49. The Labute approximate surface area is 172 Å². The van der Waals surface area contributed by atoms with Crippen molar-refractivity contribution in [1.29, 1.82) is 0 Å². The number of rotatable bonds is 7. The van der Waals surface area contributed by atoms with Gasteiger partial charge < -0.3 is 15.1 Å². The molecule has 1 aliphatic rings. The molecule has 0 radical (unpaired) electrons. The summed E-state index contributed by atoms with van der Waals surface area (Å²) in [5.41, 5.74) is 2.27. The number of likely N-dealkylation sites (tertiary alicyclic amines) is 1. The topological polar surface area (TPSA) is 77.8 Å². The van der Waals surface area contributed by atoms with Crippen molar-refractivity contribution in [2.24, 2.45) is 11.8 Å². The summed E-state index contributed by atoms with van der Waals surface area (Å²) in [7, 11) is 0. The Bertz CT molecular complexity index is 866. The first kappa shape index (κ1) is 21.1. The fourth-order valence-electron chi connectivity index (χ4n) is 4.36. The molecule has 154 valence electrons. The van der Waals surface area contributed by atoms with E-state index in [0.29, 0.717) is 18.5 Å². The molecule has 1 fully saturated rings. The zero-order valence-electron chi connectivity index (χ0n) is 17.0. The minimum absolute atomic E-state index is 0.125. The summed E-state index contributed by atoms with van der Waals surface area (Å²) in [6.07, 6.45) is 1.40. The molecule has 3 atom stereocenters. The Balaban J connectivity index is 1.69. The van der Waals surface area contributed by atoms with E-state index in [4.69, 9.17) is 0 Å². The number of nitrogens with zero attached hydrogens (tertiary/aromatic N) is 1. The van der Waals surface area contributed by atoms with Crippen molar-refractivity contribution in [3.63, 3.8) is 0 Å². The molecule has 3 unspecified atom stereocenters. The van der Waals surface area contributed by atoms with E-state index < -0.39 is 17.9 Å². The SMILES string of the molecule is CC1CN(CC(Cc2ccccc2)C(=O)O)CCC1(C)c1cccc(C(=O)O)c1. The predicted octanol–water partition coefficient (Wildman–Crippen LogP) is 3.93. The number of aliphatic carboxylic acids is 1. The number of carboxylic acid groups (broad SMARTS) is 2. The van der Waals surface area contributed by atoms with Crippen LogP contribution in [0.15, 0.2) is 54.6 Å². The lowest BCUT2D eigenvalue weighted by atomic mass is 9.67. The molecule has 0 saturated carbocycles. The molecule has 0 aromatic heterocycles. The van der Waals surface area contributed by atoms with Crippen molar-refractivity contribution in [3.8, 4) is 0 Å². The fourth-order valence-corrected chi connectivity index (χ4v) is 4.36. The van der Waals surface area contributed by atoms with E-state index in [2.05, 4.69) is 18.7 Å². The van der Waals surface area contributed by atoms with Gasteiger partial charge in [0.1, 0.15) is 0 Å². The van der Waals surface area contributed by atoms with Gasteiger partial charge in [0.05, 0.1) is 11.5 Å². The van der Waals surface area contributed by atoms with Gasteiger partial charge >= 0.3 is 11.9 Å². The van der Waals surface area contributed by atoms with Gasteiger partial charge in [0.2, 0.25) is 0 Å². The molecule has 29 heavy (non-hydrogen) atoms. The molecule has 0 bridgehead atoms. The molecule has 0 aliphatic carbocycles. The van der Waals surface area contributed by atoms with Gasteiger partial charge in [-0.05, 0) is 54.0 Å². The van der Waals surface area contributed by atoms with Crippen LogP contribution in [0, 0.1) is 11.8 Å². The maximum atomic E-state index is 11.8. The van der Waals surface area contributed by atoms with Gasteiger partial charge in [0.15, 0.2) is 0 Å². The molecule has 0 amide bonds. The van der Waals surface area contributed by atoms with Crippen LogP contribution in [0.4, 0.5) is 0 Å². The predicted molar refractivity (Wildman–Crippen MR) is 112 cm³/mol. The molecule has 0 spiro atoms. The summed E-state index contributed by atoms with van der Waals surface area (Å²) < 4.78 is 0. The van der Waals surface area contributed by atoms with Crippen molar-refractivity contribution in [2.45, 2.75) is 32.1 Å². The Hall–Kier alpha value is -2.66. The Kier molecular flexibility index (Phi) is 6.38. The molecule has 2 aromatic carbocycles. The first-order valence-electron chi connectivity index (χ1n) is 10.1. The van der Waals surface area contributed by atoms with E-state index >= 15 is 0 Å². The Morgan fingerprint density at radius 2 is 1.86 bits per heavy atom. The summed E-state index contributed by atoms with van der Waals surface area (Å²) in [5.74, 6) is -1.83. The van der Waals surface area contributed by atoms with Crippen LogP contribution in [0.1, 0.15) is 41.8 Å². The number of carboxylic acids is 2. The highest BCUT2D eigenvalue weighted by Crippen LogP contribution is 2.39. The largest absolute Gasteiger partial charge is 0.481 e. The first-order chi connectivity index (χ1) is 13.8. The van der Waals surface area contributed by atoms with E-state index in [9.17, 15) is 19.8 Å². The molecule has 2 aromatic rings. The summed E-state index contributed by atoms with van der Waals surface area (Å²) in [5, 5.41) is 19.0. The Morgan fingerprint density at radius 1 is 1.14 bits per heavy atom. The Morgan fingerprint density at radius 3 is 2.48 bits per heavy atom. The van der Waals surface area contributed by atoms with Crippen molar-refractivity contribution in [3.05, 3.63) is 71.3 Å². The van der Waals surface area contributed by atoms with E-state index in [0.717, 1.165) is 30.6 Å². The second kappa shape index (κ2) is 8.78. The van der Waals surface area contributed by atoms with Gasteiger partial charge in [0, 0.05) is 13.1 Å². The van der Waals surface area contributed by atoms with E-state index in [1.165, 1.54) is 0 Å². The van der Waals surface area contributed by atoms with Crippen LogP contribution < -0.4 is 0 Å². The number of benzene rings is 2. The average molecular weight is 395 g/mol. The number of aromatic carboxylic acids is 1. The second-order valence-corrected chi connectivity index (χ2v) is 8.44. The molecule has 1 saturated heterocycles. The van der Waals surface area contributed by atoms with Crippen molar-refractivity contribution >= 4 is 11.9 Å². The maximum absolute atomic E-state index is 11.8. The van der Waals surface area contributed by atoms with Gasteiger partial charge in [-0.1, -0.05) is 56.3 Å². The first-order valence-corrected chi connectivity index (χ1v) is 10.1. The second-order valence-electron chi connectivity index (χ2n) is 8.44. The van der Waals surface area contributed by atoms with Gasteiger partial charge in [-0.25, -0.2) is 4.79 Å². The molecule has 2 N–H and O–H groups in total. The van der Waals surface area contributed by atoms with Crippen LogP contribution in [0.2, 0.25) is 0 Å². The maximum Gasteiger partial charge on any atom is 0.335 e. The lowest BCUT2D eigenvalue weighted by Gasteiger charge is -2.45. The number of hydrogen-bond acceptors (Lipinski definition) is 3. The normalized spacial score (nSPS) is 23.4. The van der Waals surface area contributed by atoms with Crippen LogP contribution in [-0.2, 0) is 16.6 Å². The van der Waals surface area contributed by atoms with Gasteiger partial charge in [-0.15, -0.1) is 0 Å². The third kappa shape index (κ3) is 4.85. The minimum atomic E-state index is -0.911. The summed E-state index contributed by atoms with van der Waals surface area (Å²) >= 11 is 0. The molecule has 1 heterocycles. The van der Waals surface area contributed by atoms with Crippen LogP contribution in [0.25, 0.3) is 0 Å². The van der Waals surface area contributed by atoms with Crippen LogP contribution in [-0.4, -0.2) is 46.7 Å². The highest BCUT2D eigenvalue weighted by atomic mass is 16.4. The number of piperidine rings is 1. The van der Waals surface area contributed by atoms with E-state index in [1.54, 1.807) is 12.1 Å². The van der Waals surface area contributed by atoms with E-state index in [-0.39, 0.29) is 11.3 Å². The van der Waals surface area contributed by atoms with E-state index in [1.807, 2.05) is 42.5 Å². The molecule has 5 heteroatoms. The lowest BCUT2D eigenvalue weighted by molar-refractivity contribution is -0.142. The molecule has 1 aliphatic heterocycles. The van der Waals surface area contributed by atoms with Crippen molar-refractivity contribution < 1.29 is 19.8 Å². The molecule has 5 nitrogen and oxygen atoms in total. The minimum Gasteiger partial charge on any atom is -0.481 e. The number of hydrogen-bond donors (Lipinski definition) is 2. The summed E-state index contributed by atoms with van der Waals surface area (Å²) in [6.45, 7) is 6.49. The standard InChI is InChI=1S/C24H29NO4/c1-17-15-25(16-20(23(28)29)13-18-7-4-3-5-8-18)12-11-24(17,2)21-10-6-9-19(14-21)22(26)27/h3-10,14,17,20H,11-13,15-16H2,1-2H3,(H,26,27)(H,28,29). The zero-order chi connectivity index (χ0) is 21.0. The number of carbonyl (C=O) groups is 2. The monoisotopic (exact) mass is 395 g/mol. The van der Waals surface area contributed by atoms with Crippen molar-refractivity contribution in [2.75, 3.05) is 19.6 Å². The molecular weight excluding hydrogens is 366 g/mol. The van der Waals surface area contributed by atoms with Crippen LogP contribution in [0.5, 0.6) is 0 Å². The van der Waals surface area contributed by atoms with Gasteiger partial charge in [-0.2, -0.15) is 0 Å². The smallest absolute Gasteiger partial charge is 0.335 e. The zero-order valence-corrected chi connectivity index (χ0v) is 17.0. The third-order valence-corrected chi connectivity index (χ3v) is 6.49. The quantitative estimate of drug-likeness (QED) is 0.743. The summed E-state index contributed by atoms with van der Waals surface area (Å²) in [4.78, 5) is 25.4. The van der Waals surface area contributed by atoms with Gasteiger partial charge in [0.25, 0.3) is 0 Å². The molecule has 3 rings (SSSR count). The van der Waals surface area contributed by atoms with Crippen LogP contribution in [0.3, 0.4) is 0 Å². The van der Waals surface area contributed by atoms with Gasteiger partial charge in [-0.3, -0.25) is 4.79 Å². The summed E-state index contributed by atoms with van der Waals surface area (Å²) in [6, 6.07) is 17.0. The average Bonchev–Trinajstić information content (AvgIpc) is 2.71. The van der Waals surface area contributed by atoms with Crippen molar-refractivity contribution in [1.82, 2.24) is 4.90 Å². The highest BCUT2D eigenvalue weighted by molar-refractivity contribution is 5.87. The lowest BCUT2D eigenvalue weighted by Crippen LogP contribution is -2.49.